The number of halogens is 1. The van der Waals surface area contributed by atoms with E-state index < -0.39 is 0 Å². The molecule has 0 atom stereocenters. The Kier molecular flexibility index (Phi) is 7.71. The number of nitrogens with zero attached hydrogens (tertiary/aromatic N) is 1. The highest BCUT2D eigenvalue weighted by atomic mass is 35.5. The van der Waals surface area contributed by atoms with Gasteiger partial charge in [-0.15, -0.1) is 0 Å². The molecule has 0 aliphatic carbocycles. The smallest absolute Gasteiger partial charge is 0.255 e. The fraction of sp³-hybridized carbons (Fsp3) is 0.391. The van der Waals surface area contributed by atoms with Crippen molar-refractivity contribution in [3.05, 3.63) is 58.6 Å². The van der Waals surface area contributed by atoms with Crippen LogP contribution in [0.3, 0.4) is 0 Å². The van der Waals surface area contributed by atoms with Crippen molar-refractivity contribution in [1.82, 2.24) is 10.2 Å². The third-order valence-electron chi connectivity index (χ3n) is 5.46. The second-order valence-corrected chi connectivity index (χ2v) is 8.06. The predicted octanol–water partition coefficient (Wildman–Crippen LogP) is 4.04. The highest BCUT2D eigenvalue weighted by Crippen LogP contribution is 2.24. The monoisotopic (exact) mass is 429 g/mol. The summed E-state index contributed by atoms with van der Waals surface area (Å²) in [6.07, 6.45) is 2.32. The lowest BCUT2D eigenvalue weighted by Gasteiger charge is -2.32. The van der Waals surface area contributed by atoms with E-state index in [-0.39, 0.29) is 23.1 Å². The average molecular weight is 430 g/mol. The summed E-state index contributed by atoms with van der Waals surface area (Å²) < 4.78 is 0. The minimum atomic E-state index is -0.335. The molecule has 1 aliphatic heterocycles. The molecule has 1 aliphatic rings. The van der Waals surface area contributed by atoms with Gasteiger partial charge in [0.25, 0.3) is 5.91 Å². The van der Waals surface area contributed by atoms with Crippen molar-refractivity contribution < 1.29 is 14.7 Å². The Bertz CT molecular complexity index is 895. The number of phenolic OH excluding ortho intramolecular Hbond substituents is 1. The molecular weight excluding hydrogens is 402 g/mol. The van der Waals surface area contributed by atoms with Crippen molar-refractivity contribution in [2.24, 2.45) is 5.92 Å². The lowest BCUT2D eigenvalue weighted by atomic mass is 9.96. The van der Waals surface area contributed by atoms with E-state index in [1.54, 1.807) is 13.0 Å². The average Bonchev–Trinajstić information content (AvgIpc) is 2.76. The van der Waals surface area contributed by atoms with E-state index >= 15 is 0 Å². The number of carbonyl (C=O) groups is 2. The molecule has 1 saturated heterocycles. The number of aromatic hydroxyl groups is 1. The molecule has 3 rings (SSSR count). The van der Waals surface area contributed by atoms with Gasteiger partial charge in [0, 0.05) is 30.2 Å². The molecule has 0 unspecified atom stereocenters. The van der Waals surface area contributed by atoms with Crippen LogP contribution in [0.1, 0.15) is 42.1 Å². The van der Waals surface area contributed by atoms with Crippen molar-refractivity contribution in [2.45, 2.75) is 32.7 Å². The van der Waals surface area contributed by atoms with Gasteiger partial charge in [-0.3, -0.25) is 14.5 Å². The van der Waals surface area contributed by atoms with Gasteiger partial charge in [0.1, 0.15) is 5.75 Å². The minimum absolute atomic E-state index is 0.100. The van der Waals surface area contributed by atoms with Crippen molar-refractivity contribution in [1.29, 1.82) is 0 Å². The second kappa shape index (κ2) is 10.5. The summed E-state index contributed by atoms with van der Waals surface area (Å²) in [5.74, 6) is -0.188. The zero-order valence-corrected chi connectivity index (χ0v) is 17.9. The van der Waals surface area contributed by atoms with E-state index in [9.17, 15) is 14.7 Å². The van der Waals surface area contributed by atoms with Crippen LogP contribution in [-0.2, 0) is 11.3 Å². The van der Waals surface area contributed by atoms with E-state index in [4.69, 9.17) is 11.6 Å². The maximum absolute atomic E-state index is 12.5. The van der Waals surface area contributed by atoms with Crippen LogP contribution in [0.25, 0.3) is 0 Å². The van der Waals surface area contributed by atoms with Crippen LogP contribution in [-0.4, -0.2) is 41.5 Å². The van der Waals surface area contributed by atoms with Gasteiger partial charge in [-0.05, 0) is 61.7 Å². The quantitative estimate of drug-likeness (QED) is 0.580. The fourth-order valence-electron chi connectivity index (χ4n) is 3.59. The number of nitrogens with one attached hydrogen (secondary N) is 2. The van der Waals surface area contributed by atoms with Gasteiger partial charge >= 0.3 is 0 Å². The largest absolute Gasteiger partial charge is 0.507 e. The van der Waals surface area contributed by atoms with Gasteiger partial charge in [-0.25, -0.2) is 0 Å². The minimum Gasteiger partial charge on any atom is -0.507 e. The van der Waals surface area contributed by atoms with Gasteiger partial charge in [0.15, 0.2) is 0 Å². The van der Waals surface area contributed by atoms with Crippen LogP contribution in [0.2, 0.25) is 5.02 Å². The molecule has 0 saturated carbocycles. The van der Waals surface area contributed by atoms with E-state index in [1.165, 1.54) is 12.1 Å². The number of likely N-dealkylation sites (tertiary alicyclic amines) is 1. The van der Waals surface area contributed by atoms with Gasteiger partial charge in [0.05, 0.1) is 5.56 Å². The number of piperidine rings is 1. The summed E-state index contributed by atoms with van der Waals surface area (Å²) in [7, 11) is 0. The molecule has 6 nitrogen and oxygen atoms in total. The first-order valence-corrected chi connectivity index (χ1v) is 10.7. The third kappa shape index (κ3) is 5.97. The van der Waals surface area contributed by atoms with Gasteiger partial charge in [0.2, 0.25) is 5.91 Å². The normalized spacial score (nSPS) is 15.0. The first-order valence-electron chi connectivity index (χ1n) is 10.3. The number of benzene rings is 2. The highest BCUT2D eigenvalue weighted by molar-refractivity contribution is 6.31. The maximum Gasteiger partial charge on any atom is 0.255 e. The Morgan fingerprint density at radius 2 is 1.90 bits per heavy atom. The SMILES string of the molecule is CCC(=O)Nc1ccc(O)c(C(=O)NCC2CCN(Cc3ccccc3Cl)CC2)c1. The van der Waals surface area contributed by atoms with Crippen molar-refractivity contribution in [3.8, 4) is 5.75 Å². The number of phenols is 1. The standard InChI is InChI=1S/C23H28ClN3O3/c1-2-22(29)26-18-7-8-21(28)19(13-18)23(30)25-14-16-9-11-27(12-10-16)15-17-5-3-4-6-20(17)24/h3-8,13,16,28H,2,9-12,14-15H2,1H3,(H,25,30)(H,26,29). The number of hydrogen-bond donors (Lipinski definition) is 3. The van der Waals surface area contributed by atoms with Crippen LogP contribution in [0, 0.1) is 5.92 Å². The Labute approximate surface area is 182 Å². The molecule has 0 spiro atoms. The molecule has 2 aromatic rings. The first-order chi connectivity index (χ1) is 14.5. The Hall–Kier alpha value is -2.57. The van der Waals surface area contributed by atoms with Crippen LogP contribution in [0.15, 0.2) is 42.5 Å². The summed E-state index contributed by atoms with van der Waals surface area (Å²) in [6, 6.07) is 12.4. The van der Waals surface area contributed by atoms with Gasteiger partial charge < -0.3 is 15.7 Å². The molecular formula is C23H28ClN3O3. The molecule has 30 heavy (non-hydrogen) atoms. The van der Waals surface area contributed by atoms with Crippen LogP contribution in [0.4, 0.5) is 5.69 Å². The summed E-state index contributed by atoms with van der Waals surface area (Å²) >= 11 is 6.26. The predicted molar refractivity (Wildman–Crippen MR) is 119 cm³/mol. The number of rotatable bonds is 7. The zero-order chi connectivity index (χ0) is 21.5. The Balaban J connectivity index is 1.48. The van der Waals surface area contributed by atoms with Crippen molar-refractivity contribution >= 4 is 29.1 Å². The van der Waals surface area contributed by atoms with E-state index in [0.29, 0.717) is 24.6 Å². The molecule has 2 amide bonds. The second-order valence-electron chi connectivity index (χ2n) is 7.65. The number of hydrogen-bond acceptors (Lipinski definition) is 4. The summed E-state index contributed by atoms with van der Waals surface area (Å²) in [6.45, 7) is 5.06. The summed E-state index contributed by atoms with van der Waals surface area (Å²) in [5, 5.41) is 16.5. The molecule has 0 bridgehead atoms. The van der Waals surface area contributed by atoms with Gasteiger partial charge in [-0.1, -0.05) is 36.7 Å². The third-order valence-corrected chi connectivity index (χ3v) is 5.83. The number of anilines is 1. The fourth-order valence-corrected chi connectivity index (χ4v) is 3.79. The molecule has 7 heteroatoms. The zero-order valence-electron chi connectivity index (χ0n) is 17.2. The Morgan fingerprint density at radius 1 is 1.17 bits per heavy atom. The first kappa shape index (κ1) is 22.1. The molecule has 2 aromatic carbocycles. The van der Waals surface area contributed by atoms with E-state index in [0.717, 1.165) is 43.1 Å². The van der Waals surface area contributed by atoms with Crippen molar-refractivity contribution in [3.63, 3.8) is 0 Å². The molecule has 160 valence electrons. The molecule has 1 heterocycles. The highest BCUT2D eigenvalue weighted by Gasteiger charge is 2.21. The molecule has 0 aromatic heterocycles. The van der Waals surface area contributed by atoms with E-state index in [1.807, 2.05) is 18.2 Å². The lowest BCUT2D eigenvalue weighted by Crippen LogP contribution is -2.38. The lowest BCUT2D eigenvalue weighted by molar-refractivity contribution is -0.115. The topological polar surface area (TPSA) is 81.7 Å². The van der Waals surface area contributed by atoms with Crippen molar-refractivity contribution in [2.75, 3.05) is 25.0 Å². The van der Waals surface area contributed by atoms with Crippen LogP contribution >= 0.6 is 11.6 Å². The molecule has 3 N–H and O–H groups in total. The number of carbonyl (C=O) groups excluding carboxylic acids is 2. The summed E-state index contributed by atoms with van der Waals surface area (Å²) in [5.41, 5.74) is 1.80. The Morgan fingerprint density at radius 3 is 2.60 bits per heavy atom. The summed E-state index contributed by atoms with van der Waals surface area (Å²) in [4.78, 5) is 26.5. The van der Waals surface area contributed by atoms with Gasteiger partial charge in [-0.2, -0.15) is 0 Å². The molecule has 1 fully saturated rings. The van der Waals surface area contributed by atoms with Crippen LogP contribution in [0.5, 0.6) is 5.75 Å². The van der Waals surface area contributed by atoms with E-state index in [2.05, 4.69) is 21.6 Å². The van der Waals surface area contributed by atoms with Crippen LogP contribution < -0.4 is 10.6 Å². The maximum atomic E-state index is 12.5. The molecule has 0 radical (unpaired) electrons. The number of amides is 2.